The highest BCUT2D eigenvalue weighted by molar-refractivity contribution is 7.86. The molecule has 1 rings (SSSR count). The summed E-state index contributed by atoms with van der Waals surface area (Å²) in [6.07, 6.45) is -14.7. The topological polar surface area (TPSA) is 82.1 Å². The van der Waals surface area contributed by atoms with E-state index in [9.17, 15) is 65.5 Å². The molecule has 0 aromatic carbocycles. The molecule has 0 aliphatic heterocycles. The van der Waals surface area contributed by atoms with Crippen LogP contribution in [-0.4, -0.2) is 67.0 Å². The van der Waals surface area contributed by atoms with Crippen LogP contribution in [-0.2, 0) is 24.3 Å². The lowest BCUT2D eigenvalue weighted by Crippen LogP contribution is -2.89. The highest BCUT2D eigenvalue weighted by Gasteiger charge is 2.99. The molecule has 4 atom stereocenters. The van der Waals surface area contributed by atoms with Gasteiger partial charge in [0.2, 0.25) is 5.67 Å². The molecule has 0 amide bonds. The summed E-state index contributed by atoms with van der Waals surface area (Å²) in [5.41, 5.74) is -5.12. The Bertz CT molecular complexity index is 777. The Morgan fingerprint density at radius 2 is 1.23 bits per heavy atom. The molecule has 0 radical (unpaired) electrons. The fraction of sp³-hybridized carbons (Fsp3) is 1.00. The molecule has 0 saturated heterocycles. The lowest BCUT2D eigenvalue weighted by Gasteiger charge is -2.59. The number of rotatable bonds is 7. The van der Waals surface area contributed by atoms with Crippen LogP contribution in [0.4, 0.5) is 57.1 Å². The van der Waals surface area contributed by atoms with Crippen LogP contribution in [0.2, 0.25) is 0 Å². The average Bonchev–Trinajstić information content (AvgIpc) is 2.49. The normalized spacial score (nSPS) is 34.9. The predicted molar refractivity (Wildman–Crippen MR) is 62.7 cm³/mol. The highest BCUT2D eigenvalue weighted by Crippen LogP contribution is 2.69. The Balaban J connectivity index is 3.57. The Hall–Kier alpha value is -1.12. The maximum atomic E-state index is 14.2. The van der Waals surface area contributed by atoms with Crippen LogP contribution in [0.3, 0.4) is 0 Å². The van der Waals surface area contributed by atoms with E-state index in [0.717, 1.165) is 0 Å². The van der Waals surface area contributed by atoms with Crippen molar-refractivity contribution in [1.29, 1.82) is 0 Å². The summed E-state index contributed by atoms with van der Waals surface area (Å²) in [6, 6.07) is -7.16. The number of hydrogen-bond donors (Lipinski definition) is 1. The molecule has 30 heavy (non-hydrogen) atoms. The highest BCUT2D eigenvalue weighted by atomic mass is 32.2. The summed E-state index contributed by atoms with van der Waals surface area (Å²) in [5, 5.41) is -7.10. The standard InChI is InChI=1S/C10H7F13O6S/c1-3(11)5(14,27-2)4(12,13)6(3,15)28-10(23,7(16,17)18)29-8(19,20)9(21,22)30(24,25)26/h1-2H3,(H,24,25,26). The summed E-state index contributed by atoms with van der Waals surface area (Å²) in [5.74, 6) is -17.6. The van der Waals surface area contributed by atoms with E-state index in [1.165, 1.54) is 0 Å². The first kappa shape index (κ1) is 26.9. The number of hydrogen-bond acceptors (Lipinski definition) is 5. The number of alkyl halides is 13. The van der Waals surface area contributed by atoms with Gasteiger partial charge in [-0.25, -0.2) is 17.9 Å². The van der Waals surface area contributed by atoms with Crippen molar-refractivity contribution >= 4 is 10.1 Å². The van der Waals surface area contributed by atoms with Crippen molar-refractivity contribution in [1.82, 2.24) is 0 Å². The molecule has 1 N–H and O–H groups in total. The zero-order chi connectivity index (χ0) is 24.6. The third kappa shape index (κ3) is 3.05. The van der Waals surface area contributed by atoms with Crippen LogP contribution in [0.15, 0.2) is 0 Å². The maximum Gasteiger partial charge on any atom is 0.478 e. The Morgan fingerprint density at radius 3 is 1.50 bits per heavy atom. The summed E-state index contributed by atoms with van der Waals surface area (Å²) in [6.45, 7) is -0.643. The van der Waals surface area contributed by atoms with Crippen LogP contribution in [0, 0.1) is 0 Å². The molecule has 1 fully saturated rings. The Morgan fingerprint density at radius 1 is 0.833 bits per heavy atom. The SMILES string of the molecule is COC1(F)C(C)(F)C(F)(OC(F)(OC(F)(F)C(F)(F)S(=O)(=O)O)C(F)(F)F)C1(F)F. The van der Waals surface area contributed by atoms with Crippen LogP contribution >= 0.6 is 0 Å². The number of methoxy groups -OCH3 is 1. The van der Waals surface area contributed by atoms with E-state index in [1.54, 1.807) is 4.74 Å². The average molecular weight is 502 g/mol. The molecule has 1 aliphatic carbocycles. The van der Waals surface area contributed by atoms with Gasteiger partial charge in [-0.15, -0.1) is 0 Å². The molecule has 6 nitrogen and oxygen atoms in total. The maximum absolute atomic E-state index is 14.2. The van der Waals surface area contributed by atoms with E-state index in [1.807, 2.05) is 0 Å². The van der Waals surface area contributed by atoms with E-state index in [4.69, 9.17) is 4.55 Å². The van der Waals surface area contributed by atoms with Crippen molar-refractivity contribution in [3.63, 3.8) is 0 Å². The predicted octanol–water partition coefficient (Wildman–Crippen LogP) is 3.63. The fourth-order valence-corrected chi connectivity index (χ4v) is 2.45. The molecular formula is C10H7F13O6S. The Kier molecular flexibility index (Phi) is 5.79. The van der Waals surface area contributed by atoms with Gasteiger partial charge in [0, 0.05) is 7.11 Å². The van der Waals surface area contributed by atoms with Crippen LogP contribution < -0.4 is 0 Å². The first-order valence-electron chi connectivity index (χ1n) is 6.61. The van der Waals surface area contributed by atoms with Crippen molar-refractivity contribution in [2.24, 2.45) is 0 Å². The van der Waals surface area contributed by atoms with Gasteiger partial charge in [0.15, 0.2) is 0 Å². The van der Waals surface area contributed by atoms with Gasteiger partial charge in [0.05, 0.1) is 0 Å². The van der Waals surface area contributed by atoms with Crippen molar-refractivity contribution in [3.05, 3.63) is 0 Å². The number of ether oxygens (including phenoxy) is 3. The third-order valence-corrected chi connectivity index (χ3v) is 4.72. The minimum Gasteiger partial charge on any atom is -0.342 e. The van der Waals surface area contributed by atoms with Crippen molar-refractivity contribution in [2.75, 3.05) is 7.11 Å². The Labute approximate surface area is 156 Å². The minimum atomic E-state index is -7.38. The first-order chi connectivity index (χ1) is 12.7. The molecule has 0 heterocycles. The summed E-state index contributed by atoms with van der Waals surface area (Å²) in [7, 11) is -7.45. The zero-order valence-corrected chi connectivity index (χ0v) is 14.6. The van der Waals surface area contributed by atoms with Crippen molar-refractivity contribution < 1.29 is 84.3 Å². The molecule has 1 aliphatic rings. The van der Waals surface area contributed by atoms with Gasteiger partial charge in [-0.3, -0.25) is 9.29 Å². The second-order valence-corrected chi connectivity index (χ2v) is 7.18. The first-order valence-corrected chi connectivity index (χ1v) is 8.05. The van der Waals surface area contributed by atoms with Crippen LogP contribution in [0.1, 0.15) is 6.92 Å². The van der Waals surface area contributed by atoms with Gasteiger partial charge >= 0.3 is 51.3 Å². The molecule has 20 heteroatoms. The third-order valence-electron chi connectivity index (χ3n) is 3.83. The summed E-state index contributed by atoms with van der Waals surface area (Å²) < 4.78 is 209. The lowest BCUT2D eigenvalue weighted by atomic mass is 9.68. The quantitative estimate of drug-likeness (QED) is 0.326. The van der Waals surface area contributed by atoms with E-state index < -0.39 is 63.9 Å². The fourth-order valence-electron chi connectivity index (χ4n) is 2.11. The monoisotopic (exact) mass is 502 g/mol. The molecule has 180 valence electrons. The van der Waals surface area contributed by atoms with E-state index >= 15 is 0 Å². The second-order valence-electron chi connectivity index (χ2n) is 5.72. The van der Waals surface area contributed by atoms with Gasteiger partial charge in [0.1, 0.15) is 0 Å². The molecule has 0 bridgehead atoms. The summed E-state index contributed by atoms with van der Waals surface area (Å²) in [4.78, 5) is 0. The van der Waals surface area contributed by atoms with Gasteiger partial charge in [-0.1, -0.05) is 0 Å². The van der Waals surface area contributed by atoms with E-state index in [0.29, 0.717) is 0 Å². The van der Waals surface area contributed by atoms with Gasteiger partial charge < -0.3 is 4.74 Å². The summed E-state index contributed by atoms with van der Waals surface area (Å²) >= 11 is 0. The van der Waals surface area contributed by atoms with Crippen LogP contribution in [0.5, 0.6) is 0 Å². The molecule has 0 aromatic heterocycles. The molecule has 4 unspecified atom stereocenters. The zero-order valence-electron chi connectivity index (χ0n) is 13.8. The van der Waals surface area contributed by atoms with Crippen molar-refractivity contribution in [2.45, 2.75) is 53.8 Å². The van der Waals surface area contributed by atoms with E-state index in [-0.39, 0.29) is 7.11 Å². The van der Waals surface area contributed by atoms with Gasteiger partial charge in [0.25, 0.3) is 0 Å². The molecular weight excluding hydrogens is 495 g/mol. The minimum absolute atomic E-state index is 0.0743. The van der Waals surface area contributed by atoms with Crippen molar-refractivity contribution in [3.8, 4) is 0 Å². The second kappa shape index (κ2) is 6.45. The van der Waals surface area contributed by atoms with Gasteiger partial charge in [-0.05, 0) is 6.92 Å². The van der Waals surface area contributed by atoms with Crippen LogP contribution in [0.25, 0.3) is 0 Å². The largest absolute Gasteiger partial charge is 0.478 e. The smallest absolute Gasteiger partial charge is 0.342 e. The molecule has 1 saturated carbocycles. The molecule has 0 spiro atoms. The van der Waals surface area contributed by atoms with E-state index in [2.05, 4.69) is 9.47 Å². The number of halogens is 13. The lowest BCUT2D eigenvalue weighted by molar-refractivity contribution is -0.597. The van der Waals surface area contributed by atoms with Gasteiger partial charge in [-0.2, -0.15) is 52.3 Å². The molecule has 0 aromatic rings.